The minimum atomic E-state index is 0.151. The normalized spacial score (nSPS) is 20.6. The second-order valence-corrected chi connectivity index (χ2v) is 6.51. The average Bonchev–Trinajstić information content (AvgIpc) is 2.39. The van der Waals surface area contributed by atoms with E-state index in [9.17, 15) is 5.11 Å². The highest BCUT2D eigenvalue weighted by Gasteiger charge is 2.23. The molecule has 1 aromatic rings. The van der Waals surface area contributed by atoms with Crippen molar-refractivity contribution in [1.29, 1.82) is 0 Å². The standard InChI is InChI=1S/C16H26N2O/c1-16(2,3)13-7-8-15(17-12-13)18-10-5-4-6-14(18)9-11-19/h7-8,12,14,19H,4-6,9-11H2,1-3H3. The van der Waals surface area contributed by atoms with E-state index in [-0.39, 0.29) is 12.0 Å². The van der Waals surface area contributed by atoms with Crippen LogP contribution in [0.3, 0.4) is 0 Å². The molecule has 2 heterocycles. The molecular formula is C16H26N2O. The van der Waals surface area contributed by atoms with Crippen molar-refractivity contribution in [1.82, 2.24) is 4.98 Å². The fourth-order valence-corrected chi connectivity index (χ4v) is 2.75. The molecule has 0 saturated carbocycles. The van der Waals surface area contributed by atoms with Gasteiger partial charge in [-0.3, -0.25) is 0 Å². The van der Waals surface area contributed by atoms with Gasteiger partial charge in [0, 0.05) is 25.4 Å². The molecule has 0 aliphatic carbocycles. The molecule has 0 amide bonds. The maximum atomic E-state index is 9.19. The number of hydrogen-bond donors (Lipinski definition) is 1. The zero-order valence-corrected chi connectivity index (χ0v) is 12.4. The van der Waals surface area contributed by atoms with E-state index in [1.807, 2.05) is 6.20 Å². The quantitative estimate of drug-likeness (QED) is 0.909. The first kappa shape index (κ1) is 14.3. The number of hydrogen-bond acceptors (Lipinski definition) is 3. The molecule has 106 valence electrons. The summed E-state index contributed by atoms with van der Waals surface area (Å²) in [6.07, 6.45) is 6.51. The number of aliphatic hydroxyl groups is 1. The Kier molecular flexibility index (Phi) is 4.46. The van der Waals surface area contributed by atoms with E-state index in [1.54, 1.807) is 0 Å². The van der Waals surface area contributed by atoms with Gasteiger partial charge in [0.05, 0.1) is 0 Å². The third-order valence-electron chi connectivity index (χ3n) is 4.00. The molecule has 1 unspecified atom stereocenters. The van der Waals surface area contributed by atoms with Gasteiger partial charge in [0.2, 0.25) is 0 Å². The summed E-state index contributed by atoms with van der Waals surface area (Å²) in [5, 5.41) is 9.19. The number of aromatic nitrogens is 1. The summed E-state index contributed by atoms with van der Waals surface area (Å²) in [4.78, 5) is 7.01. The van der Waals surface area contributed by atoms with Crippen molar-refractivity contribution in [2.75, 3.05) is 18.1 Å². The van der Waals surface area contributed by atoms with Crippen LogP contribution in [0.25, 0.3) is 0 Å². The van der Waals surface area contributed by atoms with Gasteiger partial charge < -0.3 is 10.0 Å². The number of nitrogens with zero attached hydrogens (tertiary/aromatic N) is 2. The first-order valence-corrected chi connectivity index (χ1v) is 7.36. The Balaban J connectivity index is 2.15. The average molecular weight is 262 g/mol. The van der Waals surface area contributed by atoms with Crippen molar-refractivity contribution in [3.05, 3.63) is 23.9 Å². The van der Waals surface area contributed by atoms with Crippen molar-refractivity contribution in [2.45, 2.75) is 57.9 Å². The van der Waals surface area contributed by atoms with Crippen molar-refractivity contribution < 1.29 is 5.11 Å². The van der Waals surface area contributed by atoms with E-state index in [4.69, 9.17) is 0 Å². The van der Waals surface area contributed by atoms with Gasteiger partial charge in [-0.05, 0) is 42.7 Å². The molecule has 3 heteroatoms. The lowest BCUT2D eigenvalue weighted by atomic mass is 9.88. The molecule has 19 heavy (non-hydrogen) atoms. The summed E-state index contributed by atoms with van der Waals surface area (Å²) >= 11 is 0. The molecule has 1 saturated heterocycles. The van der Waals surface area contributed by atoms with Crippen LogP contribution in [-0.2, 0) is 5.41 Å². The van der Waals surface area contributed by atoms with E-state index in [1.165, 1.54) is 24.8 Å². The highest BCUT2D eigenvalue weighted by Crippen LogP contribution is 2.27. The number of anilines is 1. The van der Waals surface area contributed by atoms with Crippen molar-refractivity contribution in [3.63, 3.8) is 0 Å². The van der Waals surface area contributed by atoms with E-state index in [2.05, 4.69) is 42.8 Å². The molecule has 2 rings (SSSR count). The van der Waals surface area contributed by atoms with Gasteiger partial charge in [0.25, 0.3) is 0 Å². The summed E-state index contributed by atoms with van der Waals surface area (Å²) < 4.78 is 0. The Morgan fingerprint density at radius 1 is 1.32 bits per heavy atom. The Bertz CT molecular complexity index is 392. The van der Waals surface area contributed by atoms with Crippen LogP contribution in [0.4, 0.5) is 5.82 Å². The van der Waals surface area contributed by atoms with E-state index in [0.717, 1.165) is 18.8 Å². The SMILES string of the molecule is CC(C)(C)c1ccc(N2CCCCC2CCO)nc1. The smallest absolute Gasteiger partial charge is 0.128 e. The summed E-state index contributed by atoms with van der Waals surface area (Å²) in [6, 6.07) is 4.77. The van der Waals surface area contributed by atoms with Crippen molar-refractivity contribution in [3.8, 4) is 0 Å². The number of rotatable bonds is 3. The Labute approximate surface area is 116 Å². The summed E-state index contributed by atoms with van der Waals surface area (Å²) in [5.41, 5.74) is 1.42. The van der Waals surface area contributed by atoms with Gasteiger partial charge in [0.1, 0.15) is 5.82 Å². The predicted molar refractivity (Wildman–Crippen MR) is 79.6 cm³/mol. The van der Waals surface area contributed by atoms with E-state index in [0.29, 0.717) is 6.04 Å². The van der Waals surface area contributed by atoms with Gasteiger partial charge in [-0.25, -0.2) is 4.98 Å². The fraction of sp³-hybridized carbons (Fsp3) is 0.688. The number of pyridine rings is 1. The maximum absolute atomic E-state index is 9.19. The molecule has 1 aliphatic heterocycles. The molecule has 1 fully saturated rings. The molecule has 0 radical (unpaired) electrons. The molecule has 1 atom stereocenters. The topological polar surface area (TPSA) is 36.4 Å². The van der Waals surface area contributed by atoms with Crippen molar-refractivity contribution >= 4 is 5.82 Å². The predicted octanol–water partition coefficient (Wildman–Crippen LogP) is 3.12. The molecule has 0 bridgehead atoms. The molecule has 3 nitrogen and oxygen atoms in total. The van der Waals surface area contributed by atoms with Crippen LogP contribution in [0.2, 0.25) is 0 Å². The second-order valence-electron chi connectivity index (χ2n) is 6.51. The molecule has 1 N–H and O–H groups in total. The summed E-state index contributed by atoms with van der Waals surface area (Å²) in [7, 11) is 0. The summed E-state index contributed by atoms with van der Waals surface area (Å²) in [5.74, 6) is 1.06. The lowest BCUT2D eigenvalue weighted by molar-refractivity contribution is 0.262. The van der Waals surface area contributed by atoms with E-state index >= 15 is 0 Å². The maximum Gasteiger partial charge on any atom is 0.128 e. The van der Waals surface area contributed by atoms with Crippen LogP contribution >= 0.6 is 0 Å². The zero-order valence-electron chi connectivity index (χ0n) is 12.4. The van der Waals surface area contributed by atoms with Crippen LogP contribution in [0.5, 0.6) is 0 Å². The molecule has 1 aromatic heterocycles. The molecule has 0 aromatic carbocycles. The highest BCUT2D eigenvalue weighted by molar-refractivity contribution is 5.42. The van der Waals surface area contributed by atoms with Crippen LogP contribution in [0.15, 0.2) is 18.3 Å². The van der Waals surface area contributed by atoms with Gasteiger partial charge in [-0.15, -0.1) is 0 Å². The largest absolute Gasteiger partial charge is 0.396 e. The van der Waals surface area contributed by atoms with Crippen molar-refractivity contribution in [2.24, 2.45) is 0 Å². The number of piperidine rings is 1. The second kappa shape index (κ2) is 5.91. The fourth-order valence-electron chi connectivity index (χ4n) is 2.75. The lowest BCUT2D eigenvalue weighted by Crippen LogP contribution is -2.40. The van der Waals surface area contributed by atoms with Crippen LogP contribution < -0.4 is 4.90 Å². The first-order chi connectivity index (χ1) is 9.02. The number of aliphatic hydroxyl groups excluding tert-OH is 1. The molecular weight excluding hydrogens is 236 g/mol. The third-order valence-corrected chi connectivity index (χ3v) is 4.00. The van der Waals surface area contributed by atoms with Gasteiger partial charge in [0.15, 0.2) is 0 Å². The molecule has 0 spiro atoms. The summed E-state index contributed by atoms with van der Waals surface area (Å²) in [6.45, 7) is 7.95. The Hall–Kier alpha value is -1.09. The van der Waals surface area contributed by atoms with Gasteiger partial charge in [-0.1, -0.05) is 26.8 Å². The monoisotopic (exact) mass is 262 g/mol. The lowest BCUT2D eigenvalue weighted by Gasteiger charge is -2.36. The third kappa shape index (κ3) is 3.47. The first-order valence-electron chi connectivity index (χ1n) is 7.36. The highest BCUT2D eigenvalue weighted by atomic mass is 16.3. The van der Waals surface area contributed by atoms with E-state index < -0.39 is 0 Å². The van der Waals surface area contributed by atoms with Gasteiger partial charge in [-0.2, -0.15) is 0 Å². The minimum absolute atomic E-state index is 0.151. The minimum Gasteiger partial charge on any atom is -0.396 e. The van der Waals surface area contributed by atoms with Crippen LogP contribution in [0, 0.1) is 0 Å². The van der Waals surface area contributed by atoms with Gasteiger partial charge >= 0.3 is 0 Å². The zero-order chi connectivity index (χ0) is 13.9. The Morgan fingerprint density at radius 3 is 2.68 bits per heavy atom. The van der Waals surface area contributed by atoms with Crippen LogP contribution in [0.1, 0.15) is 52.0 Å². The Morgan fingerprint density at radius 2 is 2.11 bits per heavy atom. The molecule has 1 aliphatic rings. The van der Waals surface area contributed by atoms with Crippen LogP contribution in [-0.4, -0.2) is 29.3 Å².